The van der Waals surface area contributed by atoms with Gasteiger partial charge >= 0.3 is 0 Å². The molecule has 0 spiro atoms. The third kappa shape index (κ3) is 2.91. The summed E-state index contributed by atoms with van der Waals surface area (Å²) in [4.78, 5) is 4.64. The molecule has 5 nitrogen and oxygen atoms in total. The molecular formula is C19H20N4OS. The number of hydrogen-bond acceptors (Lipinski definition) is 5. The Hall–Kier alpha value is -2.34. The zero-order valence-electron chi connectivity index (χ0n) is 14.3. The Labute approximate surface area is 150 Å². The second-order valence-electron chi connectivity index (χ2n) is 6.51. The topological polar surface area (TPSA) is 63.3 Å². The van der Waals surface area contributed by atoms with Gasteiger partial charge in [0.15, 0.2) is 11.5 Å². The fourth-order valence-corrected chi connectivity index (χ4v) is 3.89. The number of aromatic hydroxyl groups is 1. The van der Waals surface area contributed by atoms with E-state index in [1.807, 2.05) is 16.7 Å². The maximum atomic E-state index is 9.76. The van der Waals surface area contributed by atoms with Crippen molar-refractivity contribution < 1.29 is 5.11 Å². The van der Waals surface area contributed by atoms with Gasteiger partial charge in [0.25, 0.3) is 0 Å². The van der Waals surface area contributed by atoms with E-state index in [0.29, 0.717) is 5.82 Å². The number of aromatic nitrogens is 4. The van der Waals surface area contributed by atoms with Crippen LogP contribution in [0.1, 0.15) is 31.7 Å². The van der Waals surface area contributed by atoms with Gasteiger partial charge in [-0.15, -0.1) is 22.0 Å². The number of phenols is 1. The molecule has 0 radical (unpaired) electrons. The van der Waals surface area contributed by atoms with Gasteiger partial charge in [-0.1, -0.05) is 25.1 Å². The van der Waals surface area contributed by atoms with Crippen molar-refractivity contribution in [1.29, 1.82) is 0 Å². The molecule has 2 aromatic heterocycles. The highest BCUT2D eigenvalue weighted by molar-refractivity contribution is 7.98. The maximum Gasteiger partial charge on any atom is 0.172 e. The van der Waals surface area contributed by atoms with E-state index in [9.17, 15) is 5.11 Å². The SMILES string of the molecule is CSc1ncn2c(-c3cccc(O)c3)nnc2c1C1=CCC(C)CC1. The minimum atomic E-state index is 0.215. The third-order valence-corrected chi connectivity index (χ3v) is 5.41. The Morgan fingerprint density at radius 1 is 1.28 bits per heavy atom. The largest absolute Gasteiger partial charge is 0.508 e. The lowest BCUT2D eigenvalue weighted by Crippen LogP contribution is -2.05. The van der Waals surface area contributed by atoms with E-state index in [4.69, 9.17) is 0 Å². The number of phenolic OH excluding ortho intramolecular Hbond substituents is 1. The van der Waals surface area contributed by atoms with Gasteiger partial charge in [0.2, 0.25) is 0 Å². The van der Waals surface area contributed by atoms with Gasteiger partial charge in [-0.25, -0.2) is 4.98 Å². The number of rotatable bonds is 3. The first kappa shape index (κ1) is 16.1. The van der Waals surface area contributed by atoms with Gasteiger partial charge in [-0.05, 0) is 49.1 Å². The number of fused-ring (bicyclic) bond motifs is 1. The Morgan fingerprint density at radius 3 is 2.88 bits per heavy atom. The molecule has 1 atom stereocenters. The van der Waals surface area contributed by atoms with Crippen LogP contribution < -0.4 is 0 Å². The summed E-state index contributed by atoms with van der Waals surface area (Å²) in [5, 5.41) is 19.6. The molecule has 128 valence electrons. The molecule has 1 N–H and O–H groups in total. The molecule has 0 fully saturated rings. The number of thioether (sulfide) groups is 1. The summed E-state index contributed by atoms with van der Waals surface area (Å²) in [6.07, 6.45) is 9.47. The maximum absolute atomic E-state index is 9.76. The van der Waals surface area contributed by atoms with Crippen molar-refractivity contribution >= 4 is 23.0 Å². The van der Waals surface area contributed by atoms with Gasteiger partial charge in [-0.2, -0.15) is 0 Å². The number of hydrogen-bond donors (Lipinski definition) is 1. The summed E-state index contributed by atoms with van der Waals surface area (Å²) in [7, 11) is 0. The number of benzene rings is 1. The molecule has 1 unspecified atom stereocenters. The lowest BCUT2D eigenvalue weighted by Gasteiger charge is -2.19. The van der Waals surface area contributed by atoms with Crippen LogP contribution in [0.5, 0.6) is 5.75 Å². The first-order valence-corrected chi connectivity index (χ1v) is 9.66. The molecular weight excluding hydrogens is 332 g/mol. The zero-order chi connectivity index (χ0) is 17.4. The highest BCUT2D eigenvalue weighted by atomic mass is 32.2. The Morgan fingerprint density at radius 2 is 2.16 bits per heavy atom. The van der Waals surface area contributed by atoms with E-state index in [-0.39, 0.29) is 5.75 Å². The van der Waals surface area contributed by atoms with Crippen LogP contribution in [0.25, 0.3) is 22.6 Å². The molecule has 1 aromatic carbocycles. The van der Waals surface area contributed by atoms with E-state index in [1.165, 1.54) is 12.0 Å². The average molecular weight is 352 g/mol. The second kappa shape index (κ2) is 6.52. The fraction of sp³-hybridized carbons (Fsp3) is 0.316. The van der Waals surface area contributed by atoms with Crippen LogP contribution in [0.3, 0.4) is 0 Å². The molecule has 0 bridgehead atoms. The van der Waals surface area contributed by atoms with Crippen molar-refractivity contribution in [3.8, 4) is 17.1 Å². The summed E-state index contributed by atoms with van der Waals surface area (Å²) in [5.41, 5.74) is 4.07. The normalized spacial score (nSPS) is 17.7. The zero-order valence-corrected chi connectivity index (χ0v) is 15.1. The Kier molecular flexibility index (Phi) is 4.21. The smallest absolute Gasteiger partial charge is 0.172 e. The van der Waals surface area contributed by atoms with Gasteiger partial charge in [0.05, 0.1) is 5.56 Å². The first-order chi connectivity index (χ1) is 12.2. The highest BCUT2D eigenvalue weighted by Crippen LogP contribution is 2.36. The van der Waals surface area contributed by atoms with Crippen molar-refractivity contribution in [2.45, 2.75) is 31.2 Å². The predicted molar refractivity (Wildman–Crippen MR) is 101 cm³/mol. The monoisotopic (exact) mass is 352 g/mol. The Balaban J connectivity index is 1.90. The first-order valence-electron chi connectivity index (χ1n) is 8.44. The summed E-state index contributed by atoms with van der Waals surface area (Å²) >= 11 is 1.64. The minimum absolute atomic E-state index is 0.215. The molecule has 3 aromatic rings. The lowest BCUT2D eigenvalue weighted by molar-refractivity contribution is 0.475. The molecule has 0 saturated heterocycles. The molecule has 4 rings (SSSR count). The highest BCUT2D eigenvalue weighted by Gasteiger charge is 2.21. The van der Waals surface area contributed by atoms with Crippen LogP contribution in [0.4, 0.5) is 0 Å². The quantitative estimate of drug-likeness (QED) is 0.558. The summed E-state index contributed by atoms with van der Waals surface area (Å²) in [5.74, 6) is 1.64. The van der Waals surface area contributed by atoms with Crippen LogP contribution in [0.15, 0.2) is 41.7 Å². The number of allylic oxidation sites excluding steroid dienone is 2. The average Bonchev–Trinajstić information content (AvgIpc) is 3.06. The van der Waals surface area contributed by atoms with Crippen LogP contribution in [0.2, 0.25) is 0 Å². The summed E-state index contributed by atoms with van der Waals surface area (Å²) in [6.45, 7) is 2.29. The molecule has 1 aliphatic rings. The van der Waals surface area contributed by atoms with E-state index >= 15 is 0 Å². The second-order valence-corrected chi connectivity index (χ2v) is 7.30. The van der Waals surface area contributed by atoms with Crippen LogP contribution in [-0.4, -0.2) is 30.9 Å². The van der Waals surface area contributed by atoms with Gasteiger partial charge in [0, 0.05) is 5.56 Å². The molecule has 0 aliphatic heterocycles. The van der Waals surface area contributed by atoms with E-state index < -0.39 is 0 Å². The fourth-order valence-electron chi connectivity index (χ4n) is 3.31. The van der Waals surface area contributed by atoms with Crippen LogP contribution in [0, 0.1) is 5.92 Å². The molecule has 25 heavy (non-hydrogen) atoms. The van der Waals surface area contributed by atoms with Gasteiger partial charge in [0.1, 0.15) is 17.1 Å². The van der Waals surface area contributed by atoms with Crippen molar-refractivity contribution in [3.63, 3.8) is 0 Å². The molecule has 0 saturated carbocycles. The van der Waals surface area contributed by atoms with E-state index in [1.54, 1.807) is 36.3 Å². The number of nitrogens with zero attached hydrogens (tertiary/aromatic N) is 4. The standard InChI is InChI=1S/C19H20N4OS/c1-12-6-8-13(9-7-12)16-18-22-21-17(14-4-3-5-15(24)10-14)23(18)11-20-19(16)25-2/h3-5,8,10-12,24H,6-7,9H2,1-2H3. The third-order valence-electron chi connectivity index (χ3n) is 4.72. The van der Waals surface area contributed by atoms with Crippen molar-refractivity contribution in [2.24, 2.45) is 5.92 Å². The Bertz CT molecular complexity index is 963. The predicted octanol–water partition coefficient (Wildman–Crippen LogP) is 4.42. The van der Waals surface area contributed by atoms with Crippen LogP contribution in [-0.2, 0) is 0 Å². The van der Waals surface area contributed by atoms with Crippen molar-refractivity contribution in [2.75, 3.05) is 6.26 Å². The lowest BCUT2D eigenvalue weighted by atomic mass is 9.88. The van der Waals surface area contributed by atoms with Crippen molar-refractivity contribution in [3.05, 3.63) is 42.2 Å². The van der Waals surface area contributed by atoms with Crippen LogP contribution >= 0.6 is 11.8 Å². The summed E-state index contributed by atoms with van der Waals surface area (Å²) in [6, 6.07) is 7.07. The van der Waals surface area contributed by atoms with Gasteiger partial charge in [-0.3, -0.25) is 4.40 Å². The molecule has 2 heterocycles. The summed E-state index contributed by atoms with van der Waals surface area (Å²) < 4.78 is 1.92. The van der Waals surface area contributed by atoms with Crippen molar-refractivity contribution in [1.82, 2.24) is 19.6 Å². The van der Waals surface area contributed by atoms with E-state index in [0.717, 1.165) is 40.6 Å². The van der Waals surface area contributed by atoms with E-state index in [2.05, 4.69) is 28.2 Å². The molecule has 6 heteroatoms. The molecule has 0 amide bonds. The minimum Gasteiger partial charge on any atom is -0.508 e. The van der Waals surface area contributed by atoms with Gasteiger partial charge < -0.3 is 5.11 Å². The molecule has 1 aliphatic carbocycles.